The molecule has 0 aliphatic carbocycles. The molecule has 1 aromatic rings. The van der Waals surface area contributed by atoms with Crippen LogP contribution in [0.3, 0.4) is 0 Å². The molecule has 102 valence electrons. The smallest absolute Gasteiger partial charge is 0.131 e. The second-order valence-electron chi connectivity index (χ2n) is 5.57. The van der Waals surface area contributed by atoms with E-state index in [0.717, 1.165) is 42.7 Å². The van der Waals surface area contributed by atoms with Crippen molar-refractivity contribution in [2.45, 2.75) is 34.1 Å². The van der Waals surface area contributed by atoms with Crippen molar-refractivity contribution in [2.24, 2.45) is 5.41 Å². The normalized spacial score (nSPS) is 11.4. The topological polar surface area (TPSA) is 49.8 Å². The lowest BCUT2D eigenvalue weighted by molar-refractivity contribution is 0.389. The standard InChI is InChI=1S/C13H24N4S/c1-10-16-11(14-6-5-13(2,3)4)9-12(17-10)15-7-8-18/h9,18H,5-8H2,1-4H3,(H2,14,15,16,17). The third-order valence-corrected chi connectivity index (χ3v) is 2.66. The molecule has 4 nitrogen and oxygen atoms in total. The van der Waals surface area contributed by atoms with Gasteiger partial charge in [-0.15, -0.1) is 0 Å². The van der Waals surface area contributed by atoms with Gasteiger partial charge in [0.2, 0.25) is 0 Å². The Hall–Kier alpha value is -0.970. The summed E-state index contributed by atoms with van der Waals surface area (Å²) >= 11 is 4.17. The van der Waals surface area contributed by atoms with Gasteiger partial charge in [-0.1, -0.05) is 20.8 Å². The van der Waals surface area contributed by atoms with Crippen molar-refractivity contribution in [3.63, 3.8) is 0 Å². The van der Waals surface area contributed by atoms with Crippen molar-refractivity contribution >= 4 is 24.3 Å². The molecule has 0 amide bonds. The minimum absolute atomic E-state index is 0.335. The highest BCUT2D eigenvalue weighted by atomic mass is 32.1. The molecule has 1 aromatic heterocycles. The molecule has 0 spiro atoms. The zero-order valence-electron chi connectivity index (χ0n) is 11.7. The van der Waals surface area contributed by atoms with Crippen molar-refractivity contribution < 1.29 is 0 Å². The molecule has 0 aromatic carbocycles. The van der Waals surface area contributed by atoms with Crippen LogP contribution in [0.1, 0.15) is 33.0 Å². The molecule has 1 rings (SSSR count). The van der Waals surface area contributed by atoms with Crippen LogP contribution in [0, 0.1) is 12.3 Å². The first-order valence-electron chi connectivity index (χ1n) is 6.35. The Labute approximate surface area is 115 Å². The van der Waals surface area contributed by atoms with Crippen LogP contribution in [0.25, 0.3) is 0 Å². The summed E-state index contributed by atoms with van der Waals surface area (Å²) in [7, 11) is 0. The number of rotatable bonds is 6. The fraction of sp³-hybridized carbons (Fsp3) is 0.692. The van der Waals surface area contributed by atoms with E-state index in [2.05, 4.69) is 54.0 Å². The van der Waals surface area contributed by atoms with Gasteiger partial charge in [0.05, 0.1) is 0 Å². The molecule has 0 aliphatic heterocycles. The summed E-state index contributed by atoms with van der Waals surface area (Å²) in [6, 6.07) is 1.94. The van der Waals surface area contributed by atoms with E-state index in [-0.39, 0.29) is 0 Å². The molecule has 18 heavy (non-hydrogen) atoms. The van der Waals surface area contributed by atoms with Gasteiger partial charge in [-0.3, -0.25) is 0 Å². The second kappa shape index (κ2) is 6.83. The van der Waals surface area contributed by atoms with E-state index in [0.29, 0.717) is 5.41 Å². The van der Waals surface area contributed by atoms with E-state index < -0.39 is 0 Å². The number of aryl methyl sites for hydroxylation is 1. The van der Waals surface area contributed by atoms with E-state index in [1.165, 1.54) is 0 Å². The molecular formula is C13H24N4S. The first-order valence-corrected chi connectivity index (χ1v) is 6.98. The molecule has 0 unspecified atom stereocenters. The second-order valence-corrected chi connectivity index (χ2v) is 6.02. The third-order valence-electron chi connectivity index (χ3n) is 2.44. The molecule has 0 bridgehead atoms. The Bertz CT molecular complexity index is 374. The van der Waals surface area contributed by atoms with E-state index in [9.17, 15) is 0 Å². The summed E-state index contributed by atoms with van der Waals surface area (Å²) in [6.07, 6.45) is 1.11. The quantitative estimate of drug-likeness (QED) is 0.694. The summed E-state index contributed by atoms with van der Waals surface area (Å²) in [5.41, 5.74) is 0.335. The summed E-state index contributed by atoms with van der Waals surface area (Å²) in [5, 5.41) is 6.56. The molecule has 0 saturated carbocycles. The summed E-state index contributed by atoms with van der Waals surface area (Å²) in [4.78, 5) is 8.71. The lowest BCUT2D eigenvalue weighted by Crippen LogP contribution is -2.14. The highest BCUT2D eigenvalue weighted by Gasteiger charge is 2.09. The van der Waals surface area contributed by atoms with Gasteiger partial charge in [0.15, 0.2) is 0 Å². The molecule has 0 atom stereocenters. The number of hydrogen-bond donors (Lipinski definition) is 3. The average Bonchev–Trinajstić information content (AvgIpc) is 2.24. The zero-order chi connectivity index (χ0) is 13.6. The van der Waals surface area contributed by atoms with Crippen molar-refractivity contribution in [3.8, 4) is 0 Å². The van der Waals surface area contributed by atoms with Crippen molar-refractivity contribution in [1.82, 2.24) is 9.97 Å². The van der Waals surface area contributed by atoms with Crippen LogP contribution in [0.15, 0.2) is 6.07 Å². The van der Waals surface area contributed by atoms with E-state index in [1.807, 2.05) is 13.0 Å². The zero-order valence-corrected chi connectivity index (χ0v) is 12.6. The molecule has 0 fully saturated rings. The van der Waals surface area contributed by atoms with E-state index >= 15 is 0 Å². The van der Waals surface area contributed by atoms with Crippen molar-refractivity contribution in [2.75, 3.05) is 29.5 Å². The largest absolute Gasteiger partial charge is 0.370 e. The Morgan fingerprint density at radius 3 is 2.17 bits per heavy atom. The van der Waals surface area contributed by atoms with Crippen LogP contribution >= 0.6 is 12.6 Å². The Morgan fingerprint density at radius 1 is 1.11 bits per heavy atom. The lowest BCUT2D eigenvalue weighted by Gasteiger charge is -2.18. The van der Waals surface area contributed by atoms with Crippen molar-refractivity contribution in [1.29, 1.82) is 0 Å². The van der Waals surface area contributed by atoms with Crippen LogP contribution < -0.4 is 10.6 Å². The third kappa shape index (κ3) is 6.10. The Morgan fingerprint density at radius 2 is 1.67 bits per heavy atom. The van der Waals surface area contributed by atoms with Crippen LogP contribution in [-0.2, 0) is 0 Å². The minimum atomic E-state index is 0.335. The minimum Gasteiger partial charge on any atom is -0.370 e. The number of nitrogens with zero attached hydrogens (tertiary/aromatic N) is 2. The maximum absolute atomic E-state index is 4.38. The summed E-state index contributed by atoms with van der Waals surface area (Å²) in [5.74, 6) is 3.30. The summed E-state index contributed by atoms with van der Waals surface area (Å²) < 4.78 is 0. The predicted octanol–water partition coefficient (Wildman–Crippen LogP) is 2.97. The number of aromatic nitrogens is 2. The van der Waals surface area contributed by atoms with Crippen LogP contribution in [-0.4, -0.2) is 28.8 Å². The number of nitrogens with one attached hydrogen (secondary N) is 2. The predicted molar refractivity (Wildman–Crippen MR) is 81.7 cm³/mol. The Balaban J connectivity index is 2.57. The van der Waals surface area contributed by atoms with Crippen LogP contribution in [0.2, 0.25) is 0 Å². The number of thiol groups is 1. The van der Waals surface area contributed by atoms with Gasteiger partial charge in [0.25, 0.3) is 0 Å². The first-order chi connectivity index (χ1) is 8.40. The molecule has 0 radical (unpaired) electrons. The maximum Gasteiger partial charge on any atom is 0.131 e. The highest BCUT2D eigenvalue weighted by molar-refractivity contribution is 7.80. The molecule has 0 aliphatic rings. The molecule has 0 saturated heterocycles. The van der Waals surface area contributed by atoms with Gasteiger partial charge >= 0.3 is 0 Å². The number of anilines is 2. The molecular weight excluding hydrogens is 244 g/mol. The monoisotopic (exact) mass is 268 g/mol. The van der Waals surface area contributed by atoms with Crippen molar-refractivity contribution in [3.05, 3.63) is 11.9 Å². The lowest BCUT2D eigenvalue weighted by atomic mass is 9.92. The highest BCUT2D eigenvalue weighted by Crippen LogP contribution is 2.18. The summed E-state index contributed by atoms with van der Waals surface area (Å²) in [6.45, 7) is 10.3. The number of hydrogen-bond acceptors (Lipinski definition) is 5. The van der Waals surface area contributed by atoms with Gasteiger partial charge in [-0.05, 0) is 18.8 Å². The van der Waals surface area contributed by atoms with Gasteiger partial charge in [0, 0.05) is 24.9 Å². The van der Waals surface area contributed by atoms with Gasteiger partial charge in [0.1, 0.15) is 17.5 Å². The van der Waals surface area contributed by atoms with E-state index in [1.54, 1.807) is 0 Å². The first kappa shape index (κ1) is 15.1. The van der Waals surface area contributed by atoms with Gasteiger partial charge in [-0.25, -0.2) is 9.97 Å². The maximum atomic E-state index is 4.38. The molecule has 2 N–H and O–H groups in total. The molecule has 1 heterocycles. The van der Waals surface area contributed by atoms with Gasteiger partial charge < -0.3 is 10.6 Å². The molecule has 5 heteroatoms. The van der Waals surface area contributed by atoms with Crippen LogP contribution in [0.4, 0.5) is 11.6 Å². The average molecular weight is 268 g/mol. The SMILES string of the molecule is Cc1nc(NCCS)cc(NCCC(C)(C)C)n1. The fourth-order valence-corrected chi connectivity index (χ4v) is 1.61. The fourth-order valence-electron chi connectivity index (χ4n) is 1.50. The van der Waals surface area contributed by atoms with E-state index in [4.69, 9.17) is 0 Å². The van der Waals surface area contributed by atoms with Gasteiger partial charge in [-0.2, -0.15) is 12.6 Å². The van der Waals surface area contributed by atoms with Crippen LogP contribution in [0.5, 0.6) is 0 Å². The Kier molecular flexibility index (Phi) is 5.72.